The fourth-order valence-electron chi connectivity index (χ4n) is 2.49. The van der Waals surface area contributed by atoms with Crippen LogP contribution in [0.25, 0.3) is 0 Å². The van der Waals surface area contributed by atoms with Crippen molar-refractivity contribution in [1.29, 1.82) is 5.26 Å². The highest BCUT2D eigenvalue weighted by Gasteiger charge is 2.17. The number of rotatable bonds is 4. The Balaban J connectivity index is 1.98. The second kappa shape index (κ2) is 6.34. The highest BCUT2D eigenvalue weighted by Crippen LogP contribution is 2.31. The van der Waals surface area contributed by atoms with Crippen LogP contribution in [0.15, 0.2) is 12.1 Å². The molecule has 1 fully saturated rings. The molecule has 0 spiro atoms. The molecule has 1 aromatic rings. The zero-order valence-corrected chi connectivity index (χ0v) is 11.0. The average molecular weight is 244 g/mol. The molecule has 1 aliphatic carbocycles. The number of nitrogens with zero attached hydrogens (tertiary/aromatic N) is 4. The van der Waals surface area contributed by atoms with Gasteiger partial charge in [0.25, 0.3) is 0 Å². The largest absolute Gasteiger partial charge is 0.357 e. The Morgan fingerprint density at radius 2 is 2.06 bits per heavy atom. The lowest BCUT2D eigenvalue weighted by Crippen LogP contribution is -2.20. The summed E-state index contributed by atoms with van der Waals surface area (Å²) >= 11 is 0. The standard InChI is InChI=1S/C14H20N4/c1-18(11-5-10-15)14-9-8-13(16-17-14)12-6-3-2-4-7-12/h8-9,12H,2-7,11H2,1H3. The summed E-state index contributed by atoms with van der Waals surface area (Å²) in [6.45, 7) is 0.702. The number of hydrogen-bond acceptors (Lipinski definition) is 4. The van der Waals surface area contributed by atoms with Crippen LogP contribution >= 0.6 is 0 Å². The van der Waals surface area contributed by atoms with Gasteiger partial charge >= 0.3 is 0 Å². The van der Waals surface area contributed by atoms with Crippen LogP contribution in [-0.2, 0) is 0 Å². The molecule has 4 heteroatoms. The van der Waals surface area contributed by atoms with Crippen molar-refractivity contribution >= 4 is 5.82 Å². The van der Waals surface area contributed by atoms with Crippen LogP contribution in [0.5, 0.6) is 0 Å². The predicted octanol–water partition coefficient (Wildman–Crippen LogP) is 2.87. The summed E-state index contributed by atoms with van der Waals surface area (Å²) in [5, 5.41) is 17.2. The first kappa shape index (κ1) is 12.8. The van der Waals surface area contributed by atoms with Crippen molar-refractivity contribution in [3.63, 3.8) is 0 Å². The second-order valence-corrected chi connectivity index (χ2v) is 4.98. The van der Waals surface area contributed by atoms with E-state index in [1.54, 1.807) is 0 Å². The molecule has 2 rings (SSSR count). The molecule has 4 nitrogen and oxygen atoms in total. The normalized spacial score (nSPS) is 16.2. The van der Waals surface area contributed by atoms with E-state index in [9.17, 15) is 0 Å². The van der Waals surface area contributed by atoms with Crippen LogP contribution in [0, 0.1) is 11.3 Å². The van der Waals surface area contributed by atoms with Crippen molar-refractivity contribution in [2.24, 2.45) is 0 Å². The molecule has 0 saturated heterocycles. The summed E-state index contributed by atoms with van der Waals surface area (Å²) in [4.78, 5) is 1.97. The number of aromatic nitrogens is 2. The molecular formula is C14H20N4. The first-order valence-corrected chi connectivity index (χ1v) is 6.73. The van der Waals surface area contributed by atoms with Gasteiger partial charge in [-0.15, -0.1) is 5.10 Å². The Labute approximate surface area is 109 Å². The lowest BCUT2D eigenvalue weighted by atomic mass is 9.87. The van der Waals surface area contributed by atoms with E-state index >= 15 is 0 Å². The van der Waals surface area contributed by atoms with Crippen molar-refractivity contribution in [3.8, 4) is 6.07 Å². The number of hydrogen-bond donors (Lipinski definition) is 0. The maximum absolute atomic E-state index is 8.56. The van der Waals surface area contributed by atoms with Crippen molar-refractivity contribution < 1.29 is 0 Å². The Hall–Kier alpha value is -1.63. The Kier molecular flexibility index (Phi) is 4.52. The van der Waals surface area contributed by atoms with E-state index in [1.165, 1.54) is 32.1 Å². The average Bonchev–Trinajstić information content (AvgIpc) is 2.46. The third-order valence-electron chi connectivity index (χ3n) is 3.64. The molecule has 1 aromatic heterocycles. The molecule has 0 atom stereocenters. The van der Waals surface area contributed by atoms with Gasteiger partial charge in [-0.3, -0.25) is 0 Å². The Bertz CT molecular complexity index is 401. The molecular weight excluding hydrogens is 224 g/mol. The second-order valence-electron chi connectivity index (χ2n) is 4.98. The minimum atomic E-state index is 0.516. The maximum atomic E-state index is 8.56. The first-order valence-electron chi connectivity index (χ1n) is 6.73. The minimum absolute atomic E-state index is 0.516. The molecule has 0 N–H and O–H groups in total. The van der Waals surface area contributed by atoms with Crippen LogP contribution in [0.4, 0.5) is 5.82 Å². The molecule has 0 aromatic carbocycles. The lowest BCUT2D eigenvalue weighted by Gasteiger charge is -2.21. The molecule has 96 valence electrons. The van der Waals surface area contributed by atoms with Crippen LogP contribution in [0.1, 0.15) is 50.1 Å². The quantitative estimate of drug-likeness (QED) is 0.817. The molecule has 0 radical (unpaired) electrons. The molecule has 1 aliphatic rings. The predicted molar refractivity (Wildman–Crippen MR) is 71.4 cm³/mol. The SMILES string of the molecule is CN(CCC#N)c1ccc(C2CCCCC2)nn1. The Morgan fingerprint density at radius 1 is 1.28 bits per heavy atom. The fraction of sp³-hybridized carbons (Fsp3) is 0.643. The van der Waals surface area contributed by atoms with Gasteiger partial charge in [0.05, 0.1) is 18.2 Å². The summed E-state index contributed by atoms with van der Waals surface area (Å²) in [7, 11) is 1.95. The fourth-order valence-corrected chi connectivity index (χ4v) is 2.49. The van der Waals surface area contributed by atoms with Gasteiger partial charge < -0.3 is 4.90 Å². The summed E-state index contributed by atoms with van der Waals surface area (Å²) in [5.74, 6) is 1.45. The smallest absolute Gasteiger partial charge is 0.151 e. The molecule has 0 aliphatic heterocycles. The van der Waals surface area contributed by atoms with Gasteiger partial charge in [0.15, 0.2) is 5.82 Å². The summed E-state index contributed by atoms with van der Waals surface area (Å²) in [6, 6.07) is 6.26. The zero-order chi connectivity index (χ0) is 12.8. The van der Waals surface area contributed by atoms with Crippen LogP contribution in [-0.4, -0.2) is 23.8 Å². The summed E-state index contributed by atoms with van der Waals surface area (Å²) < 4.78 is 0. The van der Waals surface area contributed by atoms with E-state index in [0.717, 1.165) is 11.5 Å². The highest BCUT2D eigenvalue weighted by atomic mass is 15.2. The highest BCUT2D eigenvalue weighted by molar-refractivity contribution is 5.36. The first-order chi connectivity index (χ1) is 8.81. The van der Waals surface area contributed by atoms with Crippen molar-refractivity contribution in [1.82, 2.24) is 10.2 Å². The lowest BCUT2D eigenvalue weighted by molar-refractivity contribution is 0.434. The van der Waals surface area contributed by atoms with Gasteiger partial charge in [0, 0.05) is 19.5 Å². The molecule has 0 bridgehead atoms. The third kappa shape index (κ3) is 3.19. The number of anilines is 1. The van der Waals surface area contributed by atoms with Gasteiger partial charge in [0.2, 0.25) is 0 Å². The van der Waals surface area contributed by atoms with E-state index in [0.29, 0.717) is 18.9 Å². The topological polar surface area (TPSA) is 52.8 Å². The van der Waals surface area contributed by atoms with Crippen molar-refractivity contribution in [2.75, 3.05) is 18.5 Å². The maximum Gasteiger partial charge on any atom is 0.151 e. The molecule has 18 heavy (non-hydrogen) atoms. The molecule has 1 heterocycles. The monoisotopic (exact) mass is 244 g/mol. The van der Waals surface area contributed by atoms with Gasteiger partial charge in [-0.1, -0.05) is 19.3 Å². The van der Waals surface area contributed by atoms with E-state index < -0.39 is 0 Å². The molecule has 0 amide bonds. The van der Waals surface area contributed by atoms with E-state index in [4.69, 9.17) is 5.26 Å². The Morgan fingerprint density at radius 3 is 2.67 bits per heavy atom. The van der Waals surface area contributed by atoms with Gasteiger partial charge in [-0.25, -0.2) is 0 Å². The van der Waals surface area contributed by atoms with Crippen molar-refractivity contribution in [3.05, 3.63) is 17.8 Å². The van der Waals surface area contributed by atoms with Crippen LogP contribution < -0.4 is 4.90 Å². The van der Waals surface area contributed by atoms with Gasteiger partial charge in [-0.05, 0) is 25.0 Å². The summed E-state index contributed by atoms with van der Waals surface area (Å²) in [5.41, 5.74) is 1.13. The van der Waals surface area contributed by atoms with Crippen molar-refractivity contribution in [2.45, 2.75) is 44.4 Å². The zero-order valence-electron chi connectivity index (χ0n) is 11.0. The van der Waals surface area contributed by atoms with E-state index in [2.05, 4.69) is 22.3 Å². The van der Waals surface area contributed by atoms with E-state index in [1.807, 2.05) is 18.0 Å². The minimum Gasteiger partial charge on any atom is -0.357 e. The molecule has 1 saturated carbocycles. The van der Waals surface area contributed by atoms with E-state index in [-0.39, 0.29) is 0 Å². The van der Waals surface area contributed by atoms with Crippen LogP contribution in [0.3, 0.4) is 0 Å². The van der Waals surface area contributed by atoms with Gasteiger partial charge in [-0.2, -0.15) is 10.4 Å². The number of nitriles is 1. The molecule has 0 unspecified atom stereocenters. The van der Waals surface area contributed by atoms with Crippen LogP contribution in [0.2, 0.25) is 0 Å². The van der Waals surface area contributed by atoms with Gasteiger partial charge in [0.1, 0.15) is 0 Å². The summed E-state index contributed by atoms with van der Waals surface area (Å²) in [6.07, 6.45) is 7.00. The third-order valence-corrected chi connectivity index (χ3v) is 3.64.